The lowest BCUT2D eigenvalue weighted by molar-refractivity contribution is 0.529. The summed E-state index contributed by atoms with van der Waals surface area (Å²) in [5.41, 5.74) is 3.97. The minimum absolute atomic E-state index is 0.554. The van der Waals surface area contributed by atoms with Crippen LogP contribution in [0.4, 0.5) is 0 Å². The summed E-state index contributed by atoms with van der Waals surface area (Å²) in [4.78, 5) is 0. The summed E-state index contributed by atoms with van der Waals surface area (Å²) in [5.74, 6) is 1.27. The van der Waals surface area contributed by atoms with Gasteiger partial charge in [-0.25, -0.2) is 0 Å². The van der Waals surface area contributed by atoms with Crippen LogP contribution in [0.25, 0.3) is 11.1 Å². The molecule has 2 aromatic rings. The van der Waals surface area contributed by atoms with Crippen molar-refractivity contribution in [2.45, 2.75) is 26.7 Å². The lowest BCUT2D eigenvalue weighted by Crippen LogP contribution is -2.24. The van der Waals surface area contributed by atoms with Crippen LogP contribution in [-0.4, -0.2) is 13.1 Å². The molecule has 20 heavy (non-hydrogen) atoms. The fourth-order valence-corrected chi connectivity index (χ4v) is 2.34. The Bertz CT molecular complexity index is 499. The van der Waals surface area contributed by atoms with E-state index >= 15 is 0 Å². The fourth-order valence-electron chi connectivity index (χ4n) is 2.34. The normalized spacial score (nSPS) is 12.6. The minimum Gasteiger partial charge on any atom is -0.316 e. The Hall–Kier alpha value is -1.60. The Kier molecular flexibility index (Phi) is 5.37. The van der Waals surface area contributed by atoms with Crippen molar-refractivity contribution in [2.75, 3.05) is 13.1 Å². The van der Waals surface area contributed by atoms with Crippen LogP contribution in [0.5, 0.6) is 0 Å². The van der Waals surface area contributed by atoms with Gasteiger partial charge < -0.3 is 5.32 Å². The molecule has 0 bridgehead atoms. The predicted molar refractivity (Wildman–Crippen MR) is 88.0 cm³/mol. The van der Waals surface area contributed by atoms with E-state index in [1.807, 2.05) is 0 Å². The summed E-state index contributed by atoms with van der Waals surface area (Å²) in [6.45, 7) is 8.90. The molecule has 0 aromatic heterocycles. The van der Waals surface area contributed by atoms with E-state index in [9.17, 15) is 0 Å². The van der Waals surface area contributed by atoms with Crippen LogP contribution in [0.3, 0.4) is 0 Å². The number of benzene rings is 2. The first-order chi connectivity index (χ1) is 9.66. The van der Waals surface area contributed by atoms with Crippen molar-refractivity contribution in [1.82, 2.24) is 5.32 Å². The van der Waals surface area contributed by atoms with E-state index in [-0.39, 0.29) is 0 Å². The summed E-state index contributed by atoms with van der Waals surface area (Å²) < 4.78 is 0. The zero-order valence-electron chi connectivity index (χ0n) is 12.8. The highest BCUT2D eigenvalue weighted by molar-refractivity contribution is 5.63. The van der Waals surface area contributed by atoms with Gasteiger partial charge >= 0.3 is 0 Å². The number of rotatable bonds is 6. The summed E-state index contributed by atoms with van der Waals surface area (Å²) >= 11 is 0. The molecule has 0 aliphatic heterocycles. The van der Waals surface area contributed by atoms with Crippen LogP contribution in [0.15, 0.2) is 54.6 Å². The first-order valence-corrected chi connectivity index (χ1v) is 7.53. The van der Waals surface area contributed by atoms with Gasteiger partial charge in [0.25, 0.3) is 0 Å². The van der Waals surface area contributed by atoms with E-state index in [2.05, 4.69) is 80.7 Å². The molecule has 1 atom stereocenters. The highest BCUT2D eigenvalue weighted by atomic mass is 14.9. The van der Waals surface area contributed by atoms with E-state index in [4.69, 9.17) is 0 Å². The maximum Gasteiger partial charge on any atom is 0.00176 e. The standard InChI is InChI=1S/C19H25N/c1-15(2)13-20-14-16(3)17-9-11-19(12-10-17)18-7-5-4-6-8-18/h4-12,15-16,20H,13-14H2,1-3H3. The molecule has 2 rings (SSSR count). The third kappa shape index (κ3) is 4.21. The van der Waals surface area contributed by atoms with Crippen LogP contribution in [0.1, 0.15) is 32.3 Å². The van der Waals surface area contributed by atoms with Gasteiger partial charge in [-0.05, 0) is 35.1 Å². The quantitative estimate of drug-likeness (QED) is 0.799. The van der Waals surface area contributed by atoms with Gasteiger partial charge in [0.15, 0.2) is 0 Å². The van der Waals surface area contributed by atoms with Gasteiger partial charge in [-0.15, -0.1) is 0 Å². The molecule has 0 saturated carbocycles. The Morgan fingerprint density at radius 1 is 0.750 bits per heavy atom. The van der Waals surface area contributed by atoms with Gasteiger partial charge in [0.05, 0.1) is 0 Å². The molecule has 0 spiro atoms. The molecule has 1 N–H and O–H groups in total. The van der Waals surface area contributed by atoms with Crippen molar-refractivity contribution in [2.24, 2.45) is 5.92 Å². The molecule has 0 heterocycles. The molecule has 1 unspecified atom stereocenters. The maximum atomic E-state index is 3.53. The lowest BCUT2D eigenvalue weighted by atomic mass is 9.97. The van der Waals surface area contributed by atoms with Crippen molar-refractivity contribution in [3.63, 3.8) is 0 Å². The molecule has 0 aliphatic carbocycles. The van der Waals surface area contributed by atoms with Gasteiger partial charge in [-0.2, -0.15) is 0 Å². The molecule has 1 nitrogen and oxygen atoms in total. The van der Waals surface area contributed by atoms with Crippen molar-refractivity contribution in [1.29, 1.82) is 0 Å². The van der Waals surface area contributed by atoms with Gasteiger partial charge in [-0.1, -0.05) is 75.4 Å². The minimum atomic E-state index is 0.554. The molecule has 106 valence electrons. The lowest BCUT2D eigenvalue weighted by Gasteiger charge is -2.15. The van der Waals surface area contributed by atoms with Crippen molar-refractivity contribution in [3.8, 4) is 11.1 Å². The highest BCUT2D eigenvalue weighted by Gasteiger charge is 2.06. The molecule has 2 aromatic carbocycles. The summed E-state index contributed by atoms with van der Waals surface area (Å²) in [5, 5.41) is 3.53. The van der Waals surface area contributed by atoms with Gasteiger partial charge in [0, 0.05) is 6.54 Å². The molecular formula is C19H25N. The average molecular weight is 267 g/mol. The second-order valence-corrected chi connectivity index (χ2v) is 5.94. The zero-order valence-corrected chi connectivity index (χ0v) is 12.8. The predicted octanol–water partition coefficient (Wildman–Crippen LogP) is 4.70. The molecule has 0 fully saturated rings. The Balaban J connectivity index is 1.97. The van der Waals surface area contributed by atoms with Crippen molar-refractivity contribution in [3.05, 3.63) is 60.2 Å². The maximum absolute atomic E-state index is 3.53. The topological polar surface area (TPSA) is 12.0 Å². The van der Waals surface area contributed by atoms with Gasteiger partial charge in [0.1, 0.15) is 0 Å². The van der Waals surface area contributed by atoms with E-state index in [1.165, 1.54) is 16.7 Å². The first kappa shape index (κ1) is 14.8. The molecule has 0 saturated heterocycles. The third-order valence-corrected chi connectivity index (χ3v) is 3.59. The first-order valence-electron chi connectivity index (χ1n) is 7.53. The third-order valence-electron chi connectivity index (χ3n) is 3.59. The average Bonchev–Trinajstić information content (AvgIpc) is 2.48. The van der Waals surface area contributed by atoms with Crippen molar-refractivity contribution < 1.29 is 0 Å². The summed E-state index contributed by atoms with van der Waals surface area (Å²) in [6.07, 6.45) is 0. The van der Waals surface area contributed by atoms with Gasteiger partial charge in [-0.3, -0.25) is 0 Å². The SMILES string of the molecule is CC(C)CNCC(C)c1ccc(-c2ccccc2)cc1. The molecule has 1 heteroatoms. The second-order valence-electron chi connectivity index (χ2n) is 5.94. The highest BCUT2D eigenvalue weighted by Crippen LogP contribution is 2.22. The number of hydrogen-bond donors (Lipinski definition) is 1. The van der Waals surface area contributed by atoms with E-state index < -0.39 is 0 Å². The smallest absolute Gasteiger partial charge is 0.00176 e. The van der Waals surface area contributed by atoms with Crippen molar-refractivity contribution >= 4 is 0 Å². The fraction of sp³-hybridized carbons (Fsp3) is 0.368. The Labute approximate surface area is 123 Å². The van der Waals surface area contributed by atoms with Crippen LogP contribution in [0, 0.1) is 5.92 Å². The van der Waals surface area contributed by atoms with E-state index in [0.717, 1.165) is 13.1 Å². The summed E-state index contributed by atoms with van der Waals surface area (Å²) in [7, 11) is 0. The molecule has 0 radical (unpaired) electrons. The molecular weight excluding hydrogens is 242 g/mol. The van der Waals surface area contributed by atoms with Crippen LogP contribution < -0.4 is 5.32 Å². The van der Waals surface area contributed by atoms with E-state index in [0.29, 0.717) is 11.8 Å². The number of nitrogens with one attached hydrogen (secondary N) is 1. The second kappa shape index (κ2) is 7.25. The largest absolute Gasteiger partial charge is 0.316 e. The monoisotopic (exact) mass is 267 g/mol. The van der Waals surface area contributed by atoms with Gasteiger partial charge in [0.2, 0.25) is 0 Å². The number of hydrogen-bond acceptors (Lipinski definition) is 1. The molecule has 0 amide bonds. The van der Waals surface area contributed by atoms with Crippen LogP contribution >= 0.6 is 0 Å². The Morgan fingerprint density at radius 3 is 1.95 bits per heavy atom. The van der Waals surface area contributed by atoms with E-state index in [1.54, 1.807) is 0 Å². The molecule has 0 aliphatic rings. The van der Waals surface area contributed by atoms with Crippen LogP contribution in [-0.2, 0) is 0 Å². The summed E-state index contributed by atoms with van der Waals surface area (Å²) in [6, 6.07) is 19.5. The zero-order chi connectivity index (χ0) is 14.4. The Morgan fingerprint density at radius 2 is 1.35 bits per heavy atom. The van der Waals surface area contributed by atoms with Crippen LogP contribution in [0.2, 0.25) is 0 Å².